The molecule has 0 spiro atoms. The maximum Gasteiger partial charge on any atom is 0.326 e. The van der Waals surface area contributed by atoms with Gasteiger partial charge in [0, 0.05) is 12.4 Å². The number of aromatic nitrogens is 2. The van der Waals surface area contributed by atoms with Crippen LogP contribution in [0.5, 0.6) is 0 Å². The molecule has 0 unspecified atom stereocenters. The lowest BCUT2D eigenvalue weighted by molar-refractivity contribution is -0.155. The Hall–Kier alpha value is -1.32. The van der Waals surface area contributed by atoms with E-state index < -0.39 is 5.60 Å². The van der Waals surface area contributed by atoms with Crippen molar-refractivity contribution in [3.63, 3.8) is 0 Å². The fourth-order valence-electron chi connectivity index (χ4n) is 1.08. The molecule has 4 heteroatoms. The summed E-state index contributed by atoms with van der Waals surface area (Å²) in [7, 11) is 0. The molecule has 14 heavy (non-hydrogen) atoms. The number of imidazole rings is 1. The van der Waals surface area contributed by atoms with Crippen LogP contribution in [0.3, 0.4) is 0 Å². The second kappa shape index (κ2) is 3.82. The van der Waals surface area contributed by atoms with Crippen molar-refractivity contribution in [3.05, 3.63) is 18.2 Å². The van der Waals surface area contributed by atoms with E-state index in [4.69, 9.17) is 4.74 Å². The molecule has 4 nitrogen and oxygen atoms in total. The van der Waals surface area contributed by atoms with Crippen molar-refractivity contribution in [1.29, 1.82) is 0 Å². The van der Waals surface area contributed by atoms with E-state index >= 15 is 0 Å². The predicted octanol–water partition coefficient (Wildman–Crippen LogP) is 1.53. The van der Waals surface area contributed by atoms with Crippen LogP contribution in [0.2, 0.25) is 0 Å². The van der Waals surface area contributed by atoms with Gasteiger partial charge in [0.25, 0.3) is 0 Å². The number of esters is 1. The Kier molecular flexibility index (Phi) is 2.93. The molecule has 0 bridgehead atoms. The lowest BCUT2D eigenvalue weighted by Gasteiger charge is -2.19. The molecule has 0 aromatic carbocycles. The maximum atomic E-state index is 11.4. The van der Waals surface area contributed by atoms with Crippen molar-refractivity contribution in [2.24, 2.45) is 0 Å². The van der Waals surface area contributed by atoms with Crippen molar-refractivity contribution in [3.8, 4) is 0 Å². The van der Waals surface area contributed by atoms with Gasteiger partial charge in [-0.2, -0.15) is 0 Å². The average Bonchev–Trinajstić information content (AvgIpc) is 2.32. The van der Waals surface area contributed by atoms with Crippen LogP contribution in [0.4, 0.5) is 0 Å². The van der Waals surface area contributed by atoms with Crippen LogP contribution in [-0.2, 0) is 16.1 Å². The summed E-state index contributed by atoms with van der Waals surface area (Å²) in [5.74, 6) is 0.578. The highest BCUT2D eigenvalue weighted by atomic mass is 16.6. The quantitative estimate of drug-likeness (QED) is 0.674. The van der Waals surface area contributed by atoms with E-state index in [1.165, 1.54) is 0 Å². The van der Waals surface area contributed by atoms with Gasteiger partial charge >= 0.3 is 5.97 Å². The zero-order valence-electron chi connectivity index (χ0n) is 9.07. The Labute approximate surface area is 83.9 Å². The molecular formula is C10H16N2O2. The Bertz CT molecular complexity index is 323. The number of carbonyl (C=O) groups excluding carboxylic acids is 1. The molecule has 0 saturated carbocycles. The Morgan fingerprint density at radius 2 is 2.21 bits per heavy atom. The molecule has 1 aromatic heterocycles. The van der Waals surface area contributed by atoms with Gasteiger partial charge in [-0.3, -0.25) is 4.79 Å². The van der Waals surface area contributed by atoms with E-state index in [-0.39, 0.29) is 12.5 Å². The van der Waals surface area contributed by atoms with Crippen LogP contribution in [0.15, 0.2) is 12.4 Å². The van der Waals surface area contributed by atoms with Crippen LogP contribution < -0.4 is 0 Å². The summed E-state index contributed by atoms with van der Waals surface area (Å²) in [6.45, 7) is 7.64. The highest BCUT2D eigenvalue weighted by molar-refractivity contribution is 5.69. The minimum atomic E-state index is -0.425. The monoisotopic (exact) mass is 196 g/mol. The highest BCUT2D eigenvalue weighted by Crippen LogP contribution is 2.08. The number of hydrogen-bond acceptors (Lipinski definition) is 3. The van der Waals surface area contributed by atoms with Gasteiger partial charge in [-0.15, -0.1) is 0 Å². The van der Waals surface area contributed by atoms with Crippen molar-refractivity contribution in [2.75, 3.05) is 0 Å². The largest absolute Gasteiger partial charge is 0.459 e. The number of hydrogen-bond donors (Lipinski definition) is 0. The molecule has 0 radical (unpaired) electrons. The predicted molar refractivity (Wildman–Crippen MR) is 52.8 cm³/mol. The molecule has 1 rings (SSSR count). The first-order chi connectivity index (χ1) is 6.38. The zero-order valence-corrected chi connectivity index (χ0v) is 9.07. The third kappa shape index (κ3) is 3.20. The highest BCUT2D eigenvalue weighted by Gasteiger charge is 2.16. The van der Waals surface area contributed by atoms with Gasteiger partial charge in [-0.05, 0) is 27.7 Å². The number of rotatable bonds is 2. The molecular weight excluding hydrogens is 180 g/mol. The van der Waals surface area contributed by atoms with Gasteiger partial charge in [-0.25, -0.2) is 4.98 Å². The first-order valence-electron chi connectivity index (χ1n) is 4.58. The summed E-state index contributed by atoms with van der Waals surface area (Å²) in [6.07, 6.45) is 3.43. The molecule has 1 heterocycles. The van der Waals surface area contributed by atoms with Crippen LogP contribution in [0, 0.1) is 6.92 Å². The van der Waals surface area contributed by atoms with E-state index in [1.54, 1.807) is 17.0 Å². The summed E-state index contributed by atoms with van der Waals surface area (Å²) in [4.78, 5) is 15.4. The molecule has 0 amide bonds. The molecule has 0 aliphatic carbocycles. The van der Waals surface area contributed by atoms with E-state index in [0.29, 0.717) is 0 Å². The summed E-state index contributed by atoms with van der Waals surface area (Å²) in [6, 6.07) is 0. The molecule has 0 aliphatic heterocycles. The van der Waals surface area contributed by atoms with Gasteiger partial charge in [0.1, 0.15) is 18.0 Å². The molecule has 1 aromatic rings. The summed E-state index contributed by atoms with van der Waals surface area (Å²) < 4.78 is 6.94. The SMILES string of the molecule is Cc1nccn1CC(=O)OC(C)(C)C. The van der Waals surface area contributed by atoms with E-state index in [9.17, 15) is 4.79 Å². The molecule has 0 saturated heterocycles. The summed E-state index contributed by atoms with van der Waals surface area (Å²) in [5, 5.41) is 0. The van der Waals surface area contributed by atoms with E-state index in [0.717, 1.165) is 5.82 Å². The molecule has 0 N–H and O–H groups in total. The molecule has 0 fully saturated rings. The van der Waals surface area contributed by atoms with Crippen molar-refractivity contribution in [2.45, 2.75) is 39.8 Å². The van der Waals surface area contributed by atoms with Crippen molar-refractivity contribution in [1.82, 2.24) is 9.55 Å². The van der Waals surface area contributed by atoms with Crippen LogP contribution >= 0.6 is 0 Å². The second-order valence-corrected chi connectivity index (χ2v) is 4.19. The lowest BCUT2D eigenvalue weighted by atomic mass is 10.2. The van der Waals surface area contributed by atoms with Gasteiger partial charge < -0.3 is 9.30 Å². The number of carbonyl (C=O) groups is 1. The number of aryl methyl sites for hydroxylation is 1. The third-order valence-electron chi connectivity index (χ3n) is 1.64. The topological polar surface area (TPSA) is 44.1 Å². The summed E-state index contributed by atoms with van der Waals surface area (Å²) >= 11 is 0. The Morgan fingerprint density at radius 1 is 1.57 bits per heavy atom. The number of nitrogens with zero attached hydrogens (tertiary/aromatic N) is 2. The Balaban J connectivity index is 2.54. The minimum absolute atomic E-state index is 0.225. The average molecular weight is 196 g/mol. The van der Waals surface area contributed by atoms with Gasteiger partial charge in [0.15, 0.2) is 0 Å². The Morgan fingerprint density at radius 3 is 2.64 bits per heavy atom. The van der Waals surface area contributed by atoms with E-state index in [1.807, 2.05) is 27.7 Å². The maximum absolute atomic E-state index is 11.4. The smallest absolute Gasteiger partial charge is 0.326 e. The first-order valence-corrected chi connectivity index (χ1v) is 4.58. The van der Waals surface area contributed by atoms with Crippen LogP contribution in [0.25, 0.3) is 0 Å². The molecule has 0 aliphatic rings. The van der Waals surface area contributed by atoms with Crippen LogP contribution in [0.1, 0.15) is 26.6 Å². The standard InChI is InChI=1S/C10H16N2O2/c1-8-11-5-6-12(8)7-9(13)14-10(2,3)4/h5-6H,7H2,1-4H3. The molecule has 78 valence electrons. The van der Waals surface area contributed by atoms with Gasteiger partial charge in [0.2, 0.25) is 0 Å². The fraction of sp³-hybridized carbons (Fsp3) is 0.600. The third-order valence-corrected chi connectivity index (χ3v) is 1.64. The van der Waals surface area contributed by atoms with Crippen molar-refractivity contribution >= 4 is 5.97 Å². The van der Waals surface area contributed by atoms with Gasteiger partial charge in [-0.1, -0.05) is 0 Å². The fourth-order valence-corrected chi connectivity index (χ4v) is 1.08. The summed E-state index contributed by atoms with van der Waals surface area (Å²) in [5.41, 5.74) is -0.425. The first kappa shape index (κ1) is 10.8. The minimum Gasteiger partial charge on any atom is -0.459 e. The lowest BCUT2D eigenvalue weighted by Crippen LogP contribution is -2.26. The normalized spacial score (nSPS) is 11.4. The van der Waals surface area contributed by atoms with Gasteiger partial charge in [0.05, 0.1) is 0 Å². The number of ether oxygens (including phenoxy) is 1. The van der Waals surface area contributed by atoms with E-state index in [2.05, 4.69) is 4.98 Å². The second-order valence-electron chi connectivity index (χ2n) is 4.19. The zero-order chi connectivity index (χ0) is 10.8. The van der Waals surface area contributed by atoms with Crippen LogP contribution in [-0.4, -0.2) is 21.1 Å². The molecule has 0 atom stereocenters. The van der Waals surface area contributed by atoms with Crippen molar-refractivity contribution < 1.29 is 9.53 Å².